The highest BCUT2D eigenvalue weighted by Gasteiger charge is 2.19. The van der Waals surface area contributed by atoms with Gasteiger partial charge in [0, 0.05) is 0 Å². The molecule has 0 heterocycles. The molecular weight excluding hydrogens is 408 g/mol. The lowest BCUT2D eigenvalue weighted by Crippen LogP contribution is -2.31. The molecule has 0 aliphatic heterocycles. The Morgan fingerprint density at radius 3 is 2.48 bits per heavy atom. The molecule has 0 atom stereocenters. The molecule has 0 unspecified atom stereocenters. The van der Waals surface area contributed by atoms with Gasteiger partial charge in [0.05, 0.1) is 34.0 Å². The summed E-state index contributed by atoms with van der Waals surface area (Å²) in [5, 5.41) is 8.74. The van der Waals surface area contributed by atoms with Gasteiger partial charge in [-0.05, 0) is 58.7 Å². The van der Waals surface area contributed by atoms with Gasteiger partial charge in [-0.3, -0.25) is 4.79 Å². The number of nitrogens with zero attached hydrogens (tertiary/aromatic N) is 1. The Morgan fingerprint density at radius 1 is 1.24 bits per heavy atom. The highest BCUT2D eigenvalue weighted by molar-refractivity contribution is 9.10. The van der Waals surface area contributed by atoms with Crippen molar-refractivity contribution >= 4 is 31.9 Å². The van der Waals surface area contributed by atoms with Crippen molar-refractivity contribution in [3.8, 4) is 11.8 Å². The number of halogens is 1. The lowest BCUT2D eigenvalue weighted by Gasteiger charge is -2.10. The third-order valence-corrected chi connectivity index (χ3v) is 5.20. The van der Waals surface area contributed by atoms with E-state index in [-0.39, 0.29) is 11.3 Å². The van der Waals surface area contributed by atoms with Crippen LogP contribution in [-0.4, -0.2) is 20.9 Å². The molecule has 0 saturated heterocycles. The van der Waals surface area contributed by atoms with Gasteiger partial charge in [-0.25, -0.2) is 13.1 Å². The van der Waals surface area contributed by atoms with Crippen molar-refractivity contribution in [2.24, 2.45) is 0 Å². The molecule has 0 saturated carbocycles. The zero-order valence-electron chi connectivity index (χ0n) is 13.3. The van der Waals surface area contributed by atoms with Gasteiger partial charge < -0.3 is 4.74 Å². The molecule has 2 aromatic rings. The summed E-state index contributed by atoms with van der Waals surface area (Å²) in [7, 11) is -3.98. The van der Waals surface area contributed by atoms with Crippen molar-refractivity contribution in [3.05, 3.63) is 58.1 Å². The Kier molecular flexibility index (Phi) is 6.17. The maximum atomic E-state index is 12.3. The van der Waals surface area contributed by atoms with Crippen molar-refractivity contribution in [1.29, 1.82) is 5.26 Å². The predicted octanol–water partition coefficient (Wildman–Crippen LogP) is 2.77. The van der Waals surface area contributed by atoms with Gasteiger partial charge in [-0.1, -0.05) is 12.1 Å². The summed E-state index contributed by atoms with van der Waals surface area (Å²) in [4.78, 5) is 12.0. The Bertz CT molecular complexity index is 919. The van der Waals surface area contributed by atoms with E-state index in [2.05, 4.69) is 15.9 Å². The maximum Gasteiger partial charge on any atom is 0.264 e. The summed E-state index contributed by atoms with van der Waals surface area (Å²) >= 11 is 3.25. The zero-order valence-corrected chi connectivity index (χ0v) is 15.7. The predicted molar refractivity (Wildman–Crippen MR) is 95.5 cm³/mol. The van der Waals surface area contributed by atoms with Crippen LogP contribution >= 0.6 is 15.9 Å². The monoisotopic (exact) mass is 422 g/mol. The first-order valence-electron chi connectivity index (χ1n) is 7.32. The van der Waals surface area contributed by atoms with E-state index in [9.17, 15) is 13.2 Å². The molecule has 6 nitrogen and oxygen atoms in total. The van der Waals surface area contributed by atoms with Crippen LogP contribution in [0.2, 0.25) is 0 Å². The average molecular weight is 423 g/mol. The molecule has 0 aliphatic carbocycles. The second-order valence-corrected chi connectivity index (χ2v) is 7.58. The summed E-state index contributed by atoms with van der Waals surface area (Å²) < 4.78 is 32.5. The molecular formula is C17H15BrN2O4S. The van der Waals surface area contributed by atoms with Gasteiger partial charge in [-0.2, -0.15) is 5.26 Å². The number of nitrogens with one attached hydrogen (secondary N) is 1. The van der Waals surface area contributed by atoms with E-state index >= 15 is 0 Å². The summed E-state index contributed by atoms with van der Waals surface area (Å²) in [6.45, 7) is 2.27. The van der Waals surface area contributed by atoms with Crippen molar-refractivity contribution in [2.45, 2.75) is 18.2 Å². The summed E-state index contributed by atoms with van der Waals surface area (Å²) in [6.07, 6.45) is -0.108. The number of ether oxygens (including phenoxy) is 1. The molecule has 8 heteroatoms. The third-order valence-electron chi connectivity index (χ3n) is 3.21. The van der Waals surface area contributed by atoms with Crippen LogP contribution in [0.4, 0.5) is 0 Å². The Labute approximate surface area is 154 Å². The Balaban J connectivity index is 2.10. The fourth-order valence-corrected chi connectivity index (χ4v) is 3.70. The number of carbonyl (C=O) groups excluding carboxylic acids is 1. The smallest absolute Gasteiger partial charge is 0.264 e. The number of hydrogen-bond donors (Lipinski definition) is 1. The van der Waals surface area contributed by atoms with E-state index in [0.717, 1.165) is 0 Å². The van der Waals surface area contributed by atoms with Crippen LogP contribution in [-0.2, 0) is 21.2 Å². The molecule has 130 valence electrons. The number of carbonyl (C=O) groups is 1. The fourth-order valence-electron chi connectivity index (χ4n) is 2.05. The quantitative estimate of drug-likeness (QED) is 0.771. The van der Waals surface area contributed by atoms with E-state index in [1.165, 1.54) is 18.2 Å². The van der Waals surface area contributed by atoms with E-state index in [0.29, 0.717) is 28.0 Å². The van der Waals surface area contributed by atoms with Crippen LogP contribution in [0.1, 0.15) is 18.1 Å². The van der Waals surface area contributed by atoms with Crippen molar-refractivity contribution < 1.29 is 17.9 Å². The van der Waals surface area contributed by atoms with Crippen molar-refractivity contribution in [2.75, 3.05) is 6.61 Å². The first-order chi connectivity index (χ1) is 11.9. The van der Waals surface area contributed by atoms with Crippen molar-refractivity contribution in [1.82, 2.24) is 4.72 Å². The third kappa shape index (κ3) is 5.05. The van der Waals surface area contributed by atoms with Crippen LogP contribution in [0, 0.1) is 11.3 Å². The van der Waals surface area contributed by atoms with E-state index < -0.39 is 15.9 Å². The molecule has 0 radical (unpaired) electrons. The van der Waals surface area contributed by atoms with E-state index in [1.54, 1.807) is 24.3 Å². The zero-order chi connectivity index (χ0) is 18.4. The lowest BCUT2D eigenvalue weighted by atomic mass is 10.1. The number of nitriles is 1. The second kappa shape index (κ2) is 8.14. The van der Waals surface area contributed by atoms with Crippen LogP contribution in [0.3, 0.4) is 0 Å². The van der Waals surface area contributed by atoms with Gasteiger partial charge in [-0.15, -0.1) is 0 Å². The first kappa shape index (κ1) is 19.0. The van der Waals surface area contributed by atoms with Gasteiger partial charge in [0.25, 0.3) is 10.0 Å². The Hall–Kier alpha value is -2.37. The molecule has 0 fully saturated rings. The standard InChI is InChI=1S/C17H15BrN2O4S/c1-2-24-16-8-7-14(10-15(16)18)25(22,23)20-17(21)9-12-3-5-13(11-19)6-4-12/h3-8,10H,2,9H2,1H3,(H,20,21). The number of sulfonamides is 1. The normalized spacial score (nSPS) is 10.8. The summed E-state index contributed by atoms with van der Waals surface area (Å²) in [6, 6.07) is 12.6. The SMILES string of the molecule is CCOc1ccc(S(=O)(=O)NC(=O)Cc2ccc(C#N)cc2)cc1Br. The molecule has 2 aromatic carbocycles. The van der Waals surface area contributed by atoms with E-state index in [1.807, 2.05) is 17.7 Å². The van der Waals surface area contributed by atoms with Crippen LogP contribution in [0.15, 0.2) is 51.8 Å². The minimum Gasteiger partial charge on any atom is -0.493 e. The van der Waals surface area contributed by atoms with Gasteiger partial charge in [0.15, 0.2) is 0 Å². The number of amides is 1. The minimum atomic E-state index is -3.98. The largest absolute Gasteiger partial charge is 0.493 e. The van der Waals surface area contributed by atoms with Crippen LogP contribution in [0.5, 0.6) is 5.75 Å². The summed E-state index contributed by atoms with van der Waals surface area (Å²) in [5.41, 5.74) is 1.08. The molecule has 0 aromatic heterocycles. The minimum absolute atomic E-state index is 0.0454. The van der Waals surface area contributed by atoms with Crippen LogP contribution < -0.4 is 9.46 Å². The molecule has 1 amide bonds. The first-order valence-corrected chi connectivity index (χ1v) is 9.60. The van der Waals surface area contributed by atoms with E-state index in [4.69, 9.17) is 10.00 Å². The van der Waals surface area contributed by atoms with Crippen molar-refractivity contribution in [3.63, 3.8) is 0 Å². The molecule has 0 spiro atoms. The molecule has 25 heavy (non-hydrogen) atoms. The molecule has 1 N–H and O–H groups in total. The lowest BCUT2D eigenvalue weighted by molar-refractivity contribution is -0.118. The molecule has 2 rings (SSSR count). The average Bonchev–Trinajstić information content (AvgIpc) is 2.57. The number of rotatable bonds is 6. The maximum absolute atomic E-state index is 12.3. The molecule has 0 bridgehead atoms. The second-order valence-electron chi connectivity index (χ2n) is 5.04. The number of benzene rings is 2. The van der Waals surface area contributed by atoms with Gasteiger partial charge in [0.2, 0.25) is 5.91 Å². The van der Waals surface area contributed by atoms with Gasteiger partial charge in [0.1, 0.15) is 5.75 Å². The summed E-state index contributed by atoms with van der Waals surface area (Å²) in [5.74, 6) is -0.139. The number of hydrogen-bond acceptors (Lipinski definition) is 5. The Morgan fingerprint density at radius 2 is 1.92 bits per heavy atom. The highest BCUT2D eigenvalue weighted by Crippen LogP contribution is 2.27. The topological polar surface area (TPSA) is 96.3 Å². The van der Waals surface area contributed by atoms with Crippen LogP contribution in [0.25, 0.3) is 0 Å². The van der Waals surface area contributed by atoms with Gasteiger partial charge >= 0.3 is 0 Å². The fraction of sp³-hybridized carbons (Fsp3) is 0.176. The highest BCUT2D eigenvalue weighted by atomic mass is 79.9. The molecule has 0 aliphatic rings.